The van der Waals surface area contributed by atoms with Gasteiger partial charge in [0.2, 0.25) is 5.43 Å². The predicted octanol–water partition coefficient (Wildman–Crippen LogP) is 0.395. The summed E-state index contributed by atoms with van der Waals surface area (Å²) in [6.45, 7) is -0.649. The number of phenolic OH excluding ortho intramolecular Hbond substituents is 2. The van der Waals surface area contributed by atoms with E-state index in [-0.39, 0.29) is 39.3 Å². The molecule has 1 saturated heterocycles. The van der Waals surface area contributed by atoms with Gasteiger partial charge in [-0.2, -0.15) is 0 Å². The summed E-state index contributed by atoms with van der Waals surface area (Å²) in [5.74, 6) is -0.310. The molecule has 2 heterocycles. The summed E-state index contributed by atoms with van der Waals surface area (Å²) in [7, 11) is 1.37. The maximum atomic E-state index is 13.2. The van der Waals surface area contributed by atoms with Gasteiger partial charge in [-0.25, -0.2) is 0 Å². The number of methoxy groups -OCH3 is 1. The van der Waals surface area contributed by atoms with Gasteiger partial charge < -0.3 is 44.5 Å². The average Bonchev–Trinajstić information content (AvgIpc) is 2.79. The van der Waals surface area contributed by atoms with E-state index >= 15 is 0 Å². The van der Waals surface area contributed by atoms with Crippen molar-refractivity contribution >= 4 is 11.0 Å². The Morgan fingerprint density at radius 3 is 2.41 bits per heavy atom. The van der Waals surface area contributed by atoms with Crippen molar-refractivity contribution < 1.29 is 44.5 Å². The third kappa shape index (κ3) is 3.48. The number of aromatic hydroxyl groups is 2. The highest BCUT2D eigenvalue weighted by Crippen LogP contribution is 2.40. The van der Waals surface area contributed by atoms with Crippen LogP contribution in [0.25, 0.3) is 22.1 Å². The van der Waals surface area contributed by atoms with E-state index in [4.69, 9.17) is 13.9 Å². The number of fused-ring (bicyclic) bond motifs is 1. The Bertz CT molecular complexity index is 1200. The largest absolute Gasteiger partial charge is 0.507 e. The standard InChI is InChI=1S/C22H22O10/c1-30-14-6-9(2-4-12(14)24)11-8-31-21-10(17(11)26)3-5-13(25)16(21)22-20(29)19(28)18(27)15(7-23)32-22/h2-6,8,15,18-20,22-25,27-29H,7H2,1H3/t15-,18-,19+,20-,22+/m0/s1. The molecule has 32 heavy (non-hydrogen) atoms. The van der Waals surface area contributed by atoms with Crippen molar-refractivity contribution in [2.45, 2.75) is 30.5 Å². The van der Waals surface area contributed by atoms with Crippen LogP contribution in [0.4, 0.5) is 0 Å². The molecular weight excluding hydrogens is 424 g/mol. The SMILES string of the molecule is COc1cc(-c2coc3c([C@H]4O[C@@H](CO)[C@H](O)[C@@H](O)[C@@H]4O)c(O)ccc3c2=O)ccc1O. The lowest BCUT2D eigenvalue weighted by atomic mass is 9.89. The Morgan fingerprint density at radius 2 is 1.72 bits per heavy atom. The molecule has 6 N–H and O–H groups in total. The van der Waals surface area contributed by atoms with Crippen molar-refractivity contribution in [1.29, 1.82) is 0 Å². The number of benzene rings is 2. The lowest BCUT2D eigenvalue weighted by molar-refractivity contribution is -0.231. The third-order valence-electron chi connectivity index (χ3n) is 5.62. The topological polar surface area (TPSA) is 170 Å². The van der Waals surface area contributed by atoms with E-state index in [0.717, 1.165) is 6.26 Å². The van der Waals surface area contributed by atoms with Crippen molar-refractivity contribution in [3.63, 3.8) is 0 Å². The number of aliphatic hydroxyl groups is 4. The fourth-order valence-electron chi connectivity index (χ4n) is 3.87. The molecule has 10 nitrogen and oxygen atoms in total. The molecule has 1 fully saturated rings. The van der Waals surface area contributed by atoms with Crippen LogP contribution >= 0.6 is 0 Å². The second-order valence-electron chi connectivity index (χ2n) is 7.49. The molecule has 10 heteroatoms. The van der Waals surface area contributed by atoms with Gasteiger partial charge in [0.1, 0.15) is 48.1 Å². The van der Waals surface area contributed by atoms with Crippen LogP contribution in [0.1, 0.15) is 11.7 Å². The minimum absolute atomic E-state index is 0.0549. The van der Waals surface area contributed by atoms with Crippen molar-refractivity contribution in [2.75, 3.05) is 13.7 Å². The molecule has 2 aromatic carbocycles. The smallest absolute Gasteiger partial charge is 0.200 e. The van der Waals surface area contributed by atoms with E-state index in [1.807, 2.05) is 0 Å². The van der Waals surface area contributed by atoms with Crippen LogP contribution in [0.15, 0.2) is 45.8 Å². The minimum Gasteiger partial charge on any atom is -0.507 e. The van der Waals surface area contributed by atoms with Gasteiger partial charge in [0.25, 0.3) is 0 Å². The molecule has 5 atom stereocenters. The molecular formula is C22H22O10. The van der Waals surface area contributed by atoms with Crippen LogP contribution in [0.5, 0.6) is 17.2 Å². The Labute approximate surface area is 181 Å². The summed E-state index contributed by atoms with van der Waals surface area (Å²) in [6.07, 6.45) is -6.36. The first-order valence-corrected chi connectivity index (χ1v) is 9.73. The highest BCUT2D eigenvalue weighted by Gasteiger charge is 2.45. The molecule has 0 aliphatic carbocycles. The molecule has 1 aromatic heterocycles. The van der Waals surface area contributed by atoms with E-state index in [1.165, 1.54) is 37.4 Å². The van der Waals surface area contributed by atoms with Gasteiger partial charge in [0.05, 0.1) is 30.2 Å². The van der Waals surface area contributed by atoms with Gasteiger partial charge >= 0.3 is 0 Å². The first-order chi connectivity index (χ1) is 15.3. The van der Waals surface area contributed by atoms with Gasteiger partial charge in [0, 0.05) is 0 Å². The second-order valence-corrected chi connectivity index (χ2v) is 7.49. The maximum absolute atomic E-state index is 13.2. The number of phenols is 2. The van der Waals surface area contributed by atoms with Crippen LogP contribution in [0, 0.1) is 0 Å². The highest BCUT2D eigenvalue weighted by molar-refractivity contribution is 5.86. The summed E-state index contributed by atoms with van der Waals surface area (Å²) in [6, 6.07) is 6.90. The number of aliphatic hydroxyl groups excluding tert-OH is 4. The molecule has 0 radical (unpaired) electrons. The summed E-state index contributed by atoms with van der Waals surface area (Å²) in [5, 5.41) is 60.3. The van der Waals surface area contributed by atoms with Crippen LogP contribution in [-0.4, -0.2) is 68.8 Å². The lowest BCUT2D eigenvalue weighted by Crippen LogP contribution is -2.55. The Morgan fingerprint density at radius 1 is 1.00 bits per heavy atom. The van der Waals surface area contributed by atoms with Crippen molar-refractivity contribution in [2.24, 2.45) is 0 Å². The number of hydrogen-bond acceptors (Lipinski definition) is 10. The third-order valence-corrected chi connectivity index (χ3v) is 5.62. The van der Waals surface area contributed by atoms with Crippen molar-refractivity contribution in [3.8, 4) is 28.4 Å². The van der Waals surface area contributed by atoms with Crippen LogP contribution in [-0.2, 0) is 4.74 Å². The molecule has 0 unspecified atom stereocenters. The molecule has 0 amide bonds. The van der Waals surface area contributed by atoms with Gasteiger partial charge in [-0.1, -0.05) is 6.07 Å². The first-order valence-electron chi connectivity index (χ1n) is 9.73. The minimum atomic E-state index is -1.67. The fraction of sp³-hybridized carbons (Fsp3) is 0.318. The monoisotopic (exact) mass is 446 g/mol. The predicted molar refractivity (Wildman–Crippen MR) is 111 cm³/mol. The number of ether oxygens (including phenoxy) is 2. The second kappa shape index (κ2) is 8.41. The van der Waals surface area contributed by atoms with Gasteiger partial charge in [0.15, 0.2) is 11.5 Å². The molecule has 1 aliphatic heterocycles. The molecule has 4 rings (SSSR count). The van der Waals surface area contributed by atoms with Crippen LogP contribution in [0.2, 0.25) is 0 Å². The molecule has 0 saturated carbocycles. The van der Waals surface area contributed by atoms with Crippen LogP contribution < -0.4 is 10.2 Å². The van der Waals surface area contributed by atoms with E-state index in [0.29, 0.717) is 5.56 Å². The average molecular weight is 446 g/mol. The van der Waals surface area contributed by atoms with E-state index in [2.05, 4.69) is 0 Å². The van der Waals surface area contributed by atoms with Crippen LogP contribution in [0.3, 0.4) is 0 Å². The van der Waals surface area contributed by atoms with Crippen molar-refractivity contribution in [3.05, 3.63) is 52.4 Å². The summed E-state index contributed by atoms with van der Waals surface area (Å²) >= 11 is 0. The highest BCUT2D eigenvalue weighted by atomic mass is 16.5. The zero-order chi connectivity index (χ0) is 23.2. The summed E-state index contributed by atoms with van der Waals surface area (Å²) in [4.78, 5) is 13.2. The lowest BCUT2D eigenvalue weighted by Gasteiger charge is -2.40. The Kier molecular flexibility index (Phi) is 5.80. The summed E-state index contributed by atoms with van der Waals surface area (Å²) < 4.78 is 16.3. The molecule has 0 bridgehead atoms. The maximum Gasteiger partial charge on any atom is 0.200 e. The fourth-order valence-corrected chi connectivity index (χ4v) is 3.87. The number of hydrogen-bond donors (Lipinski definition) is 6. The molecule has 170 valence electrons. The van der Waals surface area contributed by atoms with E-state index in [9.17, 15) is 35.4 Å². The molecule has 1 aliphatic rings. The summed E-state index contributed by atoms with van der Waals surface area (Å²) in [5.41, 5.74) is -0.0935. The van der Waals surface area contributed by atoms with E-state index < -0.39 is 42.6 Å². The Hall–Kier alpha value is -3.15. The van der Waals surface area contributed by atoms with E-state index in [1.54, 1.807) is 0 Å². The number of rotatable bonds is 4. The quantitative estimate of drug-likeness (QED) is 0.330. The van der Waals surface area contributed by atoms with Gasteiger partial charge in [-0.3, -0.25) is 4.79 Å². The first kappa shape index (κ1) is 22.1. The van der Waals surface area contributed by atoms with Gasteiger partial charge in [-0.15, -0.1) is 0 Å². The molecule has 3 aromatic rings. The Balaban J connectivity index is 1.87. The zero-order valence-electron chi connectivity index (χ0n) is 16.9. The zero-order valence-corrected chi connectivity index (χ0v) is 16.9. The van der Waals surface area contributed by atoms with Crippen molar-refractivity contribution in [1.82, 2.24) is 0 Å². The van der Waals surface area contributed by atoms with Gasteiger partial charge in [-0.05, 0) is 29.8 Å². The normalized spacial score (nSPS) is 25.7. The molecule has 0 spiro atoms.